The topological polar surface area (TPSA) is 66.5 Å². The second kappa shape index (κ2) is 9.81. The van der Waals surface area contributed by atoms with Crippen LogP contribution in [0.1, 0.15) is 24.8 Å². The summed E-state index contributed by atoms with van der Waals surface area (Å²) in [6, 6.07) is 5.41. The lowest BCUT2D eigenvalue weighted by Crippen LogP contribution is -2.36. The number of carbonyl (C=O) groups excluding carboxylic acids is 3. The maximum Gasteiger partial charge on any atom is 0.233 e. The molecule has 3 amide bonds. The molecule has 150 valence electrons. The van der Waals surface area contributed by atoms with Crippen LogP contribution in [0.2, 0.25) is 10.0 Å². The fourth-order valence-electron chi connectivity index (χ4n) is 3.50. The molecule has 1 aliphatic carbocycles. The Hall–Kier alpha value is -1.50. The SMILES string of the molecule is O=C(CCN1C(=O)[C@H]2CC=CC[C@H]2C1=O)NCCSCc1c(Cl)cccc1Cl. The zero-order chi connectivity index (χ0) is 20.1. The summed E-state index contributed by atoms with van der Waals surface area (Å²) >= 11 is 13.9. The molecule has 1 aromatic rings. The van der Waals surface area contributed by atoms with Gasteiger partial charge >= 0.3 is 0 Å². The van der Waals surface area contributed by atoms with Crippen LogP contribution in [-0.2, 0) is 20.1 Å². The number of thioether (sulfide) groups is 1. The number of fused-ring (bicyclic) bond motifs is 1. The van der Waals surface area contributed by atoms with Gasteiger partial charge in [-0.3, -0.25) is 19.3 Å². The highest BCUT2D eigenvalue weighted by Gasteiger charge is 2.46. The highest BCUT2D eigenvalue weighted by Crippen LogP contribution is 2.35. The Morgan fingerprint density at radius 3 is 2.32 bits per heavy atom. The molecular formula is C20H22Cl2N2O3S. The quantitative estimate of drug-likeness (QED) is 0.380. The van der Waals surface area contributed by atoms with Gasteiger partial charge in [0.25, 0.3) is 0 Å². The Labute approximate surface area is 178 Å². The number of halogens is 2. The van der Waals surface area contributed by atoms with Crippen LogP contribution in [0.25, 0.3) is 0 Å². The molecule has 0 spiro atoms. The minimum atomic E-state index is -0.242. The number of rotatable bonds is 8. The summed E-state index contributed by atoms with van der Waals surface area (Å²) in [6.07, 6.45) is 5.27. The molecule has 0 aromatic heterocycles. The second-order valence-electron chi connectivity index (χ2n) is 6.84. The van der Waals surface area contributed by atoms with Crippen LogP contribution in [-0.4, -0.2) is 41.5 Å². The molecule has 0 radical (unpaired) electrons. The van der Waals surface area contributed by atoms with E-state index in [-0.39, 0.29) is 42.5 Å². The van der Waals surface area contributed by atoms with Crippen molar-refractivity contribution in [2.75, 3.05) is 18.8 Å². The van der Waals surface area contributed by atoms with Crippen LogP contribution >= 0.6 is 35.0 Å². The Bertz CT molecular complexity index is 753. The first-order valence-electron chi connectivity index (χ1n) is 9.26. The number of hydrogen-bond donors (Lipinski definition) is 1. The number of amides is 3. The van der Waals surface area contributed by atoms with Crippen molar-refractivity contribution in [3.63, 3.8) is 0 Å². The summed E-state index contributed by atoms with van der Waals surface area (Å²) in [5.41, 5.74) is 0.893. The molecule has 1 fully saturated rings. The third kappa shape index (κ3) is 4.91. The lowest BCUT2D eigenvalue weighted by molar-refractivity contribution is -0.140. The van der Waals surface area contributed by atoms with Crippen molar-refractivity contribution >= 4 is 52.7 Å². The van der Waals surface area contributed by atoms with Gasteiger partial charge in [-0.05, 0) is 30.5 Å². The number of allylic oxidation sites excluding steroid dienone is 2. The zero-order valence-electron chi connectivity index (χ0n) is 15.3. The van der Waals surface area contributed by atoms with Crippen molar-refractivity contribution in [1.29, 1.82) is 0 Å². The zero-order valence-corrected chi connectivity index (χ0v) is 17.7. The van der Waals surface area contributed by atoms with E-state index < -0.39 is 0 Å². The summed E-state index contributed by atoms with van der Waals surface area (Å²) in [5.74, 6) is 0.456. The van der Waals surface area contributed by atoms with E-state index in [9.17, 15) is 14.4 Å². The fourth-order valence-corrected chi connectivity index (χ4v) is 5.09. The first-order valence-corrected chi connectivity index (χ1v) is 11.2. The Morgan fingerprint density at radius 1 is 1.11 bits per heavy atom. The summed E-state index contributed by atoms with van der Waals surface area (Å²) in [7, 11) is 0. The van der Waals surface area contributed by atoms with Crippen LogP contribution in [0, 0.1) is 11.8 Å². The van der Waals surface area contributed by atoms with E-state index >= 15 is 0 Å². The Kier molecular flexibility index (Phi) is 7.43. The van der Waals surface area contributed by atoms with Gasteiger partial charge in [-0.15, -0.1) is 0 Å². The fraction of sp³-hybridized carbons (Fsp3) is 0.450. The molecule has 0 unspecified atom stereocenters. The first-order chi connectivity index (χ1) is 13.5. The molecule has 1 heterocycles. The lowest BCUT2D eigenvalue weighted by Gasteiger charge is -2.14. The van der Waals surface area contributed by atoms with Crippen molar-refractivity contribution in [2.45, 2.75) is 25.0 Å². The molecule has 5 nitrogen and oxygen atoms in total. The van der Waals surface area contributed by atoms with E-state index in [1.807, 2.05) is 12.2 Å². The van der Waals surface area contributed by atoms with Gasteiger partial charge in [0.15, 0.2) is 0 Å². The molecule has 28 heavy (non-hydrogen) atoms. The third-order valence-corrected chi connectivity index (χ3v) is 6.73. The average Bonchev–Trinajstić information content (AvgIpc) is 2.92. The van der Waals surface area contributed by atoms with Crippen LogP contribution in [0.5, 0.6) is 0 Å². The molecule has 1 N–H and O–H groups in total. The number of hydrogen-bond acceptors (Lipinski definition) is 4. The van der Waals surface area contributed by atoms with Crippen LogP contribution in [0.3, 0.4) is 0 Å². The minimum Gasteiger partial charge on any atom is -0.355 e. The molecule has 8 heteroatoms. The molecular weight excluding hydrogens is 419 g/mol. The van der Waals surface area contributed by atoms with Gasteiger partial charge in [0.1, 0.15) is 0 Å². The smallest absolute Gasteiger partial charge is 0.233 e. The van der Waals surface area contributed by atoms with Crippen LogP contribution < -0.4 is 5.32 Å². The third-order valence-electron chi connectivity index (χ3n) is 5.04. The normalized spacial score (nSPS) is 21.1. The lowest BCUT2D eigenvalue weighted by atomic mass is 9.85. The summed E-state index contributed by atoms with van der Waals surface area (Å²) in [4.78, 5) is 38.0. The van der Waals surface area contributed by atoms with E-state index in [1.165, 1.54) is 4.90 Å². The second-order valence-corrected chi connectivity index (χ2v) is 8.76. The summed E-state index contributed by atoms with van der Waals surface area (Å²) in [5, 5.41) is 4.10. The number of benzene rings is 1. The highest BCUT2D eigenvalue weighted by molar-refractivity contribution is 7.98. The van der Waals surface area contributed by atoms with Gasteiger partial charge in [0.2, 0.25) is 17.7 Å². The van der Waals surface area contributed by atoms with Crippen molar-refractivity contribution in [3.05, 3.63) is 46.0 Å². The van der Waals surface area contributed by atoms with E-state index in [0.29, 0.717) is 40.9 Å². The number of imide groups is 1. The number of nitrogens with zero attached hydrogens (tertiary/aromatic N) is 1. The molecule has 0 bridgehead atoms. The van der Waals surface area contributed by atoms with E-state index in [1.54, 1.807) is 30.0 Å². The number of carbonyl (C=O) groups is 3. The molecule has 1 aliphatic heterocycles. The van der Waals surface area contributed by atoms with Gasteiger partial charge in [-0.1, -0.05) is 41.4 Å². The summed E-state index contributed by atoms with van der Waals surface area (Å²) in [6.45, 7) is 0.654. The van der Waals surface area contributed by atoms with Crippen molar-refractivity contribution < 1.29 is 14.4 Å². The predicted molar refractivity (Wildman–Crippen MR) is 112 cm³/mol. The van der Waals surface area contributed by atoms with Crippen LogP contribution in [0.15, 0.2) is 30.4 Å². The molecule has 2 atom stereocenters. The van der Waals surface area contributed by atoms with Gasteiger partial charge in [-0.25, -0.2) is 0 Å². The molecule has 0 saturated carbocycles. The maximum absolute atomic E-state index is 12.4. The largest absolute Gasteiger partial charge is 0.355 e. The molecule has 1 saturated heterocycles. The molecule has 3 rings (SSSR count). The Morgan fingerprint density at radius 2 is 1.71 bits per heavy atom. The minimum absolute atomic E-state index is 0.130. The maximum atomic E-state index is 12.4. The van der Waals surface area contributed by atoms with E-state index in [4.69, 9.17) is 23.2 Å². The van der Waals surface area contributed by atoms with Gasteiger partial charge in [0.05, 0.1) is 11.8 Å². The van der Waals surface area contributed by atoms with Gasteiger partial charge in [-0.2, -0.15) is 11.8 Å². The number of likely N-dealkylation sites (tertiary alicyclic amines) is 1. The van der Waals surface area contributed by atoms with Crippen molar-refractivity contribution in [2.24, 2.45) is 11.8 Å². The number of nitrogens with one attached hydrogen (secondary N) is 1. The summed E-state index contributed by atoms with van der Waals surface area (Å²) < 4.78 is 0. The molecule has 1 aromatic carbocycles. The monoisotopic (exact) mass is 440 g/mol. The van der Waals surface area contributed by atoms with Gasteiger partial charge in [0, 0.05) is 41.1 Å². The Balaban J connectivity index is 1.35. The predicted octanol–water partition coefficient (Wildman–Crippen LogP) is 3.68. The highest BCUT2D eigenvalue weighted by atomic mass is 35.5. The first kappa shape index (κ1) is 21.2. The van der Waals surface area contributed by atoms with E-state index in [2.05, 4.69) is 5.32 Å². The van der Waals surface area contributed by atoms with Crippen molar-refractivity contribution in [1.82, 2.24) is 10.2 Å². The average molecular weight is 441 g/mol. The molecule has 2 aliphatic rings. The van der Waals surface area contributed by atoms with Gasteiger partial charge < -0.3 is 5.32 Å². The van der Waals surface area contributed by atoms with E-state index in [0.717, 1.165) is 5.56 Å². The van der Waals surface area contributed by atoms with Crippen molar-refractivity contribution in [3.8, 4) is 0 Å². The van der Waals surface area contributed by atoms with Crippen LogP contribution in [0.4, 0.5) is 0 Å². The standard InChI is InChI=1S/C20H22Cl2N2O3S/c21-16-6-3-7-17(22)15(16)12-28-11-9-23-18(25)8-10-24-19(26)13-4-1-2-5-14(13)20(24)27/h1-3,6-7,13-14H,4-5,8-12H2,(H,23,25)/t13-,14+.